The minimum atomic E-state index is -2.91. The van der Waals surface area contributed by atoms with Gasteiger partial charge < -0.3 is 15.1 Å². The van der Waals surface area contributed by atoms with Gasteiger partial charge in [0.05, 0.1) is 17.2 Å². The van der Waals surface area contributed by atoms with Crippen molar-refractivity contribution in [1.29, 1.82) is 0 Å². The zero-order valence-electron chi connectivity index (χ0n) is 9.09. The third-order valence-electron chi connectivity index (χ3n) is 2.66. The average Bonchev–Trinajstić information content (AvgIpc) is 2.64. The predicted octanol–water partition coefficient (Wildman–Crippen LogP) is -0.243. The second-order valence-electron chi connectivity index (χ2n) is 3.98. The highest BCUT2D eigenvalue weighted by Gasteiger charge is 2.30. The SMILES string of the molecule is CC1CS(=O)(=O)CCN1c1nc(CN)co1. The van der Waals surface area contributed by atoms with Crippen molar-refractivity contribution in [3.8, 4) is 0 Å². The lowest BCUT2D eigenvalue weighted by atomic mass is 10.3. The Labute approximate surface area is 94.4 Å². The summed E-state index contributed by atoms with van der Waals surface area (Å²) in [5, 5.41) is 0. The van der Waals surface area contributed by atoms with Crippen molar-refractivity contribution in [2.75, 3.05) is 23.0 Å². The van der Waals surface area contributed by atoms with Gasteiger partial charge in [0.2, 0.25) is 0 Å². The molecule has 1 atom stereocenters. The van der Waals surface area contributed by atoms with Gasteiger partial charge in [-0.3, -0.25) is 0 Å². The molecular formula is C9H15N3O3S. The molecule has 7 heteroatoms. The van der Waals surface area contributed by atoms with Crippen LogP contribution in [0.3, 0.4) is 0 Å². The molecule has 90 valence electrons. The van der Waals surface area contributed by atoms with Crippen molar-refractivity contribution in [1.82, 2.24) is 4.98 Å². The summed E-state index contributed by atoms with van der Waals surface area (Å²) in [6.45, 7) is 2.60. The van der Waals surface area contributed by atoms with Crippen LogP contribution in [-0.2, 0) is 16.4 Å². The third kappa shape index (κ3) is 2.19. The highest BCUT2D eigenvalue weighted by atomic mass is 32.2. The number of hydrogen-bond donors (Lipinski definition) is 1. The molecule has 1 aliphatic heterocycles. The summed E-state index contributed by atoms with van der Waals surface area (Å²) < 4.78 is 28.1. The highest BCUT2D eigenvalue weighted by Crippen LogP contribution is 2.20. The van der Waals surface area contributed by atoms with Crippen LogP contribution in [0.4, 0.5) is 6.01 Å². The van der Waals surface area contributed by atoms with E-state index in [0.717, 1.165) is 0 Å². The fourth-order valence-corrected chi connectivity index (χ4v) is 3.36. The molecule has 0 aliphatic carbocycles. The lowest BCUT2D eigenvalue weighted by Crippen LogP contribution is -2.47. The Morgan fingerprint density at radius 1 is 1.69 bits per heavy atom. The van der Waals surface area contributed by atoms with E-state index in [-0.39, 0.29) is 17.5 Å². The maximum atomic E-state index is 11.4. The molecule has 0 amide bonds. The van der Waals surface area contributed by atoms with Gasteiger partial charge in [0.15, 0.2) is 9.84 Å². The standard InChI is InChI=1S/C9H15N3O3S/c1-7-6-16(13,14)3-2-12(7)9-11-8(4-10)5-15-9/h5,7H,2-4,6,10H2,1H3. The first-order valence-electron chi connectivity index (χ1n) is 5.13. The number of rotatable bonds is 2. The van der Waals surface area contributed by atoms with Crippen LogP contribution in [0.5, 0.6) is 0 Å². The van der Waals surface area contributed by atoms with E-state index >= 15 is 0 Å². The second kappa shape index (κ2) is 4.06. The molecule has 1 aromatic rings. The van der Waals surface area contributed by atoms with Gasteiger partial charge in [-0.1, -0.05) is 0 Å². The van der Waals surface area contributed by atoms with Gasteiger partial charge in [-0.25, -0.2) is 8.42 Å². The lowest BCUT2D eigenvalue weighted by molar-refractivity contribution is 0.503. The number of oxazole rings is 1. The molecule has 0 radical (unpaired) electrons. The fraction of sp³-hybridized carbons (Fsp3) is 0.667. The first-order chi connectivity index (χ1) is 7.52. The Morgan fingerprint density at radius 3 is 3.00 bits per heavy atom. The van der Waals surface area contributed by atoms with E-state index in [1.165, 1.54) is 6.26 Å². The van der Waals surface area contributed by atoms with Gasteiger partial charge in [-0.15, -0.1) is 0 Å². The summed E-state index contributed by atoms with van der Waals surface area (Å²) in [7, 11) is -2.91. The number of hydrogen-bond acceptors (Lipinski definition) is 6. The van der Waals surface area contributed by atoms with Gasteiger partial charge in [0.1, 0.15) is 6.26 Å². The van der Waals surface area contributed by atoms with Crippen molar-refractivity contribution in [2.24, 2.45) is 5.73 Å². The summed E-state index contributed by atoms with van der Waals surface area (Å²) in [6, 6.07) is 0.353. The van der Waals surface area contributed by atoms with Crippen molar-refractivity contribution in [3.05, 3.63) is 12.0 Å². The quantitative estimate of drug-likeness (QED) is 0.773. The highest BCUT2D eigenvalue weighted by molar-refractivity contribution is 7.91. The Bertz CT molecular complexity index is 468. The van der Waals surface area contributed by atoms with Gasteiger partial charge in [0, 0.05) is 19.1 Å². The van der Waals surface area contributed by atoms with Crippen LogP contribution in [-0.4, -0.2) is 37.5 Å². The first kappa shape index (κ1) is 11.4. The fourth-order valence-electron chi connectivity index (χ4n) is 1.80. The monoisotopic (exact) mass is 245 g/mol. The molecule has 0 saturated carbocycles. The zero-order chi connectivity index (χ0) is 11.8. The first-order valence-corrected chi connectivity index (χ1v) is 6.95. The molecule has 16 heavy (non-hydrogen) atoms. The molecule has 1 aliphatic rings. The molecule has 2 heterocycles. The molecular weight excluding hydrogens is 230 g/mol. The van der Waals surface area contributed by atoms with E-state index in [0.29, 0.717) is 24.8 Å². The van der Waals surface area contributed by atoms with Crippen LogP contribution in [0.25, 0.3) is 0 Å². The van der Waals surface area contributed by atoms with Crippen LogP contribution in [0.1, 0.15) is 12.6 Å². The molecule has 0 bridgehead atoms. The number of nitrogens with two attached hydrogens (primary N) is 1. The maximum Gasteiger partial charge on any atom is 0.297 e. The lowest BCUT2D eigenvalue weighted by Gasteiger charge is -2.31. The minimum Gasteiger partial charge on any atom is -0.432 e. The van der Waals surface area contributed by atoms with Crippen molar-refractivity contribution in [3.63, 3.8) is 0 Å². The molecule has 2 N–H and O–H groups in total. The van der Waals surface area contributed by atoms with Crippen LogP contribution in [0, 0.1) is 0 Å². The van der Waals surface area contributed by atoms with Crippen molar-refractivity contribution in [2.45, 2.75) is 19.5 Å². The van der Waals surface area contributed by atoms with Crippen molar-refractivity contribution < 1.29 is 12.8 Å². The summed E-state index contributed by atoms with van der Waals surface area (Å²) >= 11 is 0. The van der Waals surface area contributed by atoms with E-state index in [2.05, 4.69) is 4.98 Å². The van der Waals surface area contributed by atoms with E-state index in [1.54, 1.807) is 0 Å². The topological polar surface area (TPSA) is 89.4 Å². The summed E-state index contributed by atoms with van der Waals surface area (Å²) in [4.78, 5) is 6.05. The largest absolute Gasteiger partial charge is 0.432 e. The van der Waals surface area contributed by atoms with Gasteiger partial charge >= 0.3 is 0 Å². The molecule has 0 aromatic carbocycles. The summed E-state index contributed by atoms with van der Waals surface area (Å²) in [5.41, 5.74) is 6.11. The molecule has 1 aromatic heterocycles. The van der Waals surface area contributed by atoms with Crippen LogP contribution >= 0.6 is 0 Å². The van der Waals surface area contributed by atoms with Crippen LogP contribution in [0.15, 0.2) is 10.7 Å². The molecule has 0 spiro atoms. The van der Waals surface area contributed by atoms with Gasteiger partial charge in [-0.05, 0) is 6.92 Å². The molecule has 1 saturated heterocycles. The molecule has 1 fully saturated rings. The van der Waals surface area contributed by atoms with Crippen LogP contribution in [0.2, 0.25) is 0 Å². The van der Waals surface area contributed by atoms with E-state index < -0.39 is 9.84 Å². The van der Waals surface area contributed by atoms with Crippen LogP contribution < -0.4 is 10.6 Å². The third-order valence-corrected chi connectivity index (χ3v) is 4.46. The Morgan fingerprint density at radius 2 is 2.44 bits per heavy atom. The Hall–Kier alpha value is -1.08. The minimum absolute atomic E-state index is 0.108. The molecule has 2 rings (SSSR count). The number of anilines is 1. The van der Waals surface area contributed by atoms with E-state index in [4.69, 9.17) is 10.2 Å². The second-order valence-corrected chi connectivity index (χ2v) is 6.21. The normalized spacial score (nSPS) is 24.6. The maximum absolute atomic E-state index is 11.4. The zero-order valence-corrected chi connectivity index (χ0v) is 9.90. The summed E-state index contributed by atoms with van der Waals surface area (Å²) in [6.07, 6.45) is 1.51. The predicted molar refractivity (Wildman–Crippen MR) is 59.9 cm³/mol. The smallest absolute Gasteiger partial charge is 0.297 e. The number of sulfone groups is 1. The average molecular weight is 245 g/mol. The van der Waals surface area contributed by atoms with Gasteiger partial charge in [0.25, 0.3) is 6.01 Å². The van der Waals surface area contributed by atoms with E-state index in [1.807, 2.05) is 11.8 Å². The van der Waals surface area contributed by atoms with E-state index in [9.17, 15) is 8.42 Å². The Balaban J connectivity index is 2.17. The number of aromatic nitrogens is 1. The molecule has 1 unspecified atom stereocenters. The Kier molecular flexibility index (Phi) is 2.90. The van der Waals surface area contributed by atoms with Crippen molar-refractivity contribution >= 4 is 15.9 Å². The van der Waals surface area contributed by atoms with Gasteiger partial charge in [-0.2, -0.15) is 4.98 Å². The molecule has 6 nitrogen and oxygen atoms in total. The number of nitrogens with zero attached hydrogens (tertiary/aromatic N) is 2. The summed E-state index contributed by atoms with van der Waals surface area (Å²) in [5.74, 6) is 0.297.